The molecule has 0 unspecified atom stereocenters. The molecule has 0 atom stereocenters. The van der Waals surface area contributed by atoms with Gasteiger partial charge in [0, 0.05) is 31.9 Å². The molecule has 1 aliphatic rings. The number of ether oxygens (including phenoxy) is 4. The third-order valence-corrected chi connectivity index (χ3v) is 7.75. The summed E-state index contributed by atoms with van der Waals surface area (Å²) < 4.78 is 24.9. The Morgan fingerprint density at radius 1 is 0.837 bits per heavy atom. The molecule has 4 aromatic rings. The van der Waals surface area contributed by atoms with Crippen molar-refractivity contribution in [2.45, 2.75) is 39.5 Å². The van der Waals surface area contributed by atoms with Gasteiger partial charge in [-0.05, 0) is 74.3 Å². The summed E-state index contributed by atoms with van der Waals surface area (Å²) in [4.78, 5) is 29.2. The Balaban J connectivity index is 1.45. The number of carbonyl (C=O) groups is 1. The summed E-state index contributed by atoms with van der Waals surface area (Å²) in [6.45, 7) is 6.47. The zero-order valence-corrected chi connectivity index (χ0v) is 25.1. The molecule has 5 rings (SSSR count). The first-order chi connectivity index (χ1) is 21.0. The van der Waals surface area contributed by atoms with Gasteiger partial charge in [-0.2, -0.15) is 0 Å². The molecule has 0 radical (unpaired) electrons. The molecular weight excluding hydrogens is 546 g/mol. The van der Waals surface area contributed by atoms with E-state index in [1.165, 1.54) is 12.8 Å². The van der Waals surface area contributed by atoms with Crippen LogP contribution in [0.15, 0.2) is 71.7 Å². The smallest absolute Gasteiger partial charge is 0.256 e. The summed E-state index contributed by atoms with van der Waals surface area (Å²) in [5.41, 5.74) is 2.33. The molecule has 2 heterocycles. The van der Waals surface area contributed by atoms with Crippen molar-refractivity contribution in [3.63, 3.8) is 0 Å². The largest absolute Gasteiger partial charge is 0.497 e. The van der Waals surface area contributed by atoms with Gasteiger partial charge in [-0.1, -0.05) is 24.3 Å². The van der Waals surface area contributed by atoms with Gasteiger partial charge >= 0.3 is 0 Å². The van der Waals surface area contributed by atoms with Gasteiger partial charge in [0.05, 0.1) is 25.1 Å². The van der Waals surface area contributed by atoms with E-state index in [0.717, 1.165) is 42.3 Å². The number of pyridine rings is 1. The molecule has 1 N–H and O–H groups in total. The van der Waals surface area contributed by atoms with Gasteiger partial charge in [0.15, 0.2) is 11.5 Å². The lowest BCUT2D eigenvalue weighted by molar-refractivity contribution is 0.0948. The minimum atomic E-state index is -0.367. The maximum Gasteiger partial charge on any atom is 0.256 e. The van der Waals surface area contributed by atoms with Crippen molar-refractivity contribution < 1.29 is 23.7 Å². The number of methoxy groups -OCH3 is 2. The van der Waals surface area contributed by atoms with Crippen LogP contribution in [0.5, 0.6) is 23.0 Å². The fourth-order valence-electron chi connectivity index (χ4n) is 5.24. The fraction of sp³-hybridized carbons (Fsp3) is 0.353. The molecule has 1 saturated heterocycles. The maximum absolute atomic E-state index is 13.7. The summed E-state index contributed by atoms with van der Waals surface area (Å²) in [6.07, 6.45) is 4.02. The molecule has 9 heteroatoms. The Morgan fingerprint density at radius 2 is 1.40 bits per heavy atom. The van der Waals surface area contributed by atoms with Gasteiger partial charge in [-0.3, -0.25) is 9.59 Å². The topological polar surface area (TPSA) is 91.3 Å². The average molecular weight is 586 g/mol. The van der Waals surface area contributed by atoms with Crippen LogP contribution in [0.25, 0.3) is 10.9 Å². The highest BCUT2D eigenvalue weighted by Gasteiger charge is 2.19. The van der Waals surface area contributed by atoms with Crippen molar-refractivity contribution in [3.05, 3.63) is 93.8 Å². The lowest BCUT2D eigenvalue weighted by Crippen LogP contribution is -2.35. The number of hydrogen-bond acceptors (Lipinski definition) is 7. The number of carbonyl (C=O) groups excluding carboxylic acids is 1. The summed E-state index contributed by atoms with van der Waals surface area (Å²) in [5, 5.41) is 3.34. The highest BCUT2D eigenvalue weighted by molar-refractivity contribution is 5.97. The number of likely N-dealkylation sites (tertiary alicyclic amines) is 1. The summed E-state index contributed by atoms with van der Waals surface area (Å²) >= 11 is 0. The van der Waals surface area contributed by atoms with Gasteiger partial charge in [0.2, 0.25) is 5.43 Å². The molecular formula is C34H39N3O6. The van der Waals surface area contributed by atoms with E-state index >= 15 is 0 Å². The number of aryl methyl sites for hydroxylation is 1. The Hall–Kier alpha value is -4.50. The van der Waals surface area contributed by atoms with Gasteiger partial charge in [0.1, 0.15) is 30.3 Å². The fourth-order valence-corrected chi connectivity index (χ4v) is 5.24. The summed E-state index contributed by atoms with van der Waals surface area (Å²) in [7, 11) is 3.25. The molecule has 0 spiro atoms. The summed E-state index contributed by atoms with van der Waals surface area (Å²) in [6, 6.07) is 18.7. The van der Waals surface area contributed by atoms with E-state index in [0.29, 0.717) is 42.1 Å². The second-order valence-electron chi connectivity index (χ2n) is 10.6. The van der Waals surface area contributed by atoms with Crippen LogP contribution >= 0.6 is 0 Å². The van der Waals surface area contributed by atoms with Gasteiger partial charge in [0.25, 0.3) is 5.91 Å². The SMILES string of the molecule is CCn1cc(C(=O)NCCN2CCCC2)c(=O)c2cc(OCc3ccc(OC)cc3)c(OCc3ccc(OC)cc3)cc21. The van der Waals surface area contributed by atoms with Crippen molar-refractivity contribution in [1.82, 2.24) is 14.8 Å². The van der Waals surface area contributed by atoms with Gasteiger partial charge in [-0.15, -0.1) is 0 Å². The molecule has 226 valence electrons. The summed E-state index contributed by atoms with van der Waals surface area (Å²) in [5.74, 6) is 2.07. The number of nitrogens with zero attached hydrogens (tertiary/aromatic N) is 2. The zero-order valence-electron chi connectivity index (χ0n) is 25.1. The predicted molar refractivity (Wildman–Crippen MR) is 167 cm³/mol. The Morgan fingerprint density at radius 3 is 1.93 bits per heavy atom. The second-order valence-corrected chi connectivity index (χ2v) is 10.6. The molecule has 1 aromatic heterocycles. The molecule has 0 saturated carbocycles. The normalized spacial score (nSPS) is 13.2. The van der Waals surface area contributed by atoms with Crippen LogP contribution in [0.2, 0.25) is 0 Å². The third-order valence-electron chi connectivity index (χ3n) is 7.75. The number of amides is 1. The Labute approximate surface area is 251 Å². The van der Waals surface area contributed by atoms with Gasteiger partial charge < -0.3 is 33.7 Å². The number of rotatable bonds is 13. The van der Waals surface area contributed by atoms with Crippen LogP contribution in [-0.2, 0) is 19.8 Å². The highest BCUT2D eigenvalue weighted by atomic mass is 16.5. The third kappa shape index (κ3) is 7.29. The average Bonchev–Trinajstić information content (AvgIpc) is 3.57. The van der Waals surface area contributed by atoms with Crippen molar-refractivity contribution in [1.29, 1.82) is 0 Å². The number of nitrogens with one attached hydrogen (secondary N) is 1. The first-order valence-corrected chi connectivity index (χ1v) is 14.7. The molecule has 0 aliphatic carbocycles. The van der Waals surface area contributed by atoms with E-state index in [-0.39, 0.29) is 23.5 Å². The highest BCUT2D eigenvalue weighted by Crippen LogP contribution is 2.33. The second kappa shape index (κ2) is 14.1. The van der Waals surface area contributed by atoms with E-state index < -0.39 is 0 Å². The van der Waals surface area contributed by atoms with E-state index in [1.54, 1.807) is 26.5 Å². The molecule has 43 heavy (non-hydrogen) atoms. The van der Waals surface area contributed by atoms with Crippen molar-refractivity contribution in [2.75, 3.05) is 40.4 Å². The lowest BCUT2D eigenvalue weighted by Gasteiger charge is -2.18. The van der Waals surface area contributed by atoms with Crippen molar-refractivity contribution in [2.24, 2.45) is 0 Å². The predicted octanol–water partition coefficient (Wildman–Crippen LogP) is 5.02. The van der Waals surface area contributed by atoms with E-state index in [2.05, 4.69) is 10.2 Å². The molecule has 9 nitrogen and oxygen atoms in total. The molecule has 1 fully saturated rings. The maximum atomic E-state index is 13.7. The Kier molecular flexibility index (Phi) is 9.84. The van der Waals surface area contributed by atoms with Crippen molar-refractivity contribution in [3.8, 4) is 23.0 Å². The number of aromatic nitrogens is 1. The monoisotopic (exact) mass is 585 g/mol. The van der Waals surface area contributed by atoms with Crippen LogP contribution in [-0.4, -0.2) is 55.8 Å². The standard InChI is InChI=1S/C34H39N3O6/c1-4-37-21-29(34(39)35-15-18-36-16-5-6-17-36)33(38)28-19-31(42-22-24-7-11-26(40-2)12-8-24)32(20-30(28)37)43-23-25-9-13-27(41-3)14-10-25/h7-14,19-21H,4-6,15-18,22-23H2,1-3H3,(H,35,39). The first-order valence-electron chi connectivity index (χ1n) is 14.7. The van der Waals surface area contributed by atoms with E-state index in [9.17, 15) is 9.59 Å². The van der Waals surface area contributed by atoms with E-state index in [4.69, 9.17) is 18.9 Å². The quantitative estimate of drug-likeness (QED) is 0.236. The number of fused-ring (bicyclic) bond motifs is 1. The van der Waals surface area contributed by atoms with Crippen molar-refractivity contribution >= 4 is 16.8 Å². The molecule has 3 aromatic carbocycles. The Bertz CT molecular complexity index is 1590. The first kappa shape index (κ1) is 30.0. The van der Waals surface area contributed by atoms with Crippen LogP contribution in [0.4, 0.5) is 0 Å². The van der Waals surface area contributed by atoms with Crippen LogP contribution in [0, 0.1) is 0 Å². The van der Waals surface area contributed by atoms with Gasteiger partial charge in [-0.25, -0.2) is 0 Å². The molecule has 0 bridgehead atoms. The number of hydrogen-bond donors (Lipinski definition) is 1. The van der Waals surface area contributed by atoms with Crippen LogP contribution < -0.4 is 29.7 Å². The minimum Gasteiger partial charge on any atom is -0.497 e. The van der Waals surface area contributed by atoms with E-state index in [1.807, 2.05) is 66.1 Å². The van der Waals surface area contributed by atoms with Crippen LogP contribution in [0.1, 0.15) is 41.3 Å². The minimum absolute atomic E-state index is 0.115. The number of benzene rings is 3. The zero-order chi connectivity index (χ0) is 30.2. The molecule has 1 aliphatic heterocycles. The molecule has 1 amide bonds. The lowest BCUT2D eigenvalue weighted by atomic mass is 10.1. The van der Waals surface area contributed by atoms with Crippen LogP contribution in [0.3, 0.4) is 0 Å².